The highest BCUT2D eigenvalue weighted by atomic mass is 35.5. The molecule has 1 aliphatic carbocycles. The molecule has 0 N–H and O–H groups in total. The summed E-state index contributed by atoms with van der Waals surface area (Å²) in [6.45, 7) is 3.50. The summed E-state index contributed by atoms with van der Waals surface area (Å²) in [7, 11) is 0. The summed E-state index contributed by atoms with van der Waals surface area (Å²) in [6.07, 6.45) is -4.45. The van der Waals surface area contributed by atoms with Crippen molar-refractivity contribution in [1.29, 1.82) is 5.26 Å². The molecule has 3 aromatic carbocycles. The van der Waals surface area contributed by atoms with Crippen LogP contribution in [0.25, 0.3) is 0 Å². The second-order valence-electron chi connectivity index (χ2n) is 10.7. The molecule has 3 atom stereocenters. The lowest BCUT2D eigenvalue weighted by Crippen LogP contribution is -2.14. The third kappa shape index (κ3) is 8.39. The summed E-state index contributed by atoms with van der Waals surface area (Å²) in [5.41, 5.74) is 1.38. The largest absolute Gasteiger partial charge is 0.461 e. The molecule has 10 heteroatoms. The molecule has 1 aliphatic rings. The molecule has 0 amide bonds. The molecule has 4 rings (SSSR count). The van der Waals surface area contributed by atoms with Gasteiger partial charge >= 0.3 is 18.1 Å². The van der Waals surface area contributed by atoms with Gasteiger partial charge in [0.2, 0.25) is 6.10 Å². The van der Waals surface area contributed by atoms with E-state index in [2.05, 4.69) is 0 Å². The van der Waals surface area contributed by atoms with E-state index in [4.69, 9.17) is 25.8 Å². The lowest BCUT2D eigenvalue weighted by Gasteiger charge is -2.14. The second-order valence-corrected chi connectivity index (χ2v) is 11.2. The van der Waals surface area contributed by atoms with Gasteiger partial charge in [0.25, 0.3) is 0 Å². The quantitative estimate of drug-likeness (QED) is 0.203. The van der Waals surface area contributed by atoms with Gasteiger partial charge in [0.15, 0.2) is 0 Å². The van der Waals surface area contributed by atoms with Gasteiger partial charge in [0.05, 0.1) is 5.92 Å². The molecule has 1 saturated carbocycles. The number of carbonyl (C=O) groups is 2. The monoisotopic (exact) mass is 611 g/mol. The normalized spacial score (nSPS) is 18.2. The first-order valence-corrected chi connectivity index (χ1v) is 13.9. The Morgan fingerprint density at radius 1 is 1.00 bits per heavy atom. The molecular formula is C33H29ClF3NO5. The highest BCUT2D eigenvalue weighted by Gasteiger charge is 2.62. The molecule has 224 valence electrons. The molecule has 0 heterocycles. The van der Waals surface area contributed by atoms with Crippen molar-refractivity contribution in [1.82, 2.24) is 0 Å². The number of hydrogen-bond acceptors (Lipinski definition) is 6. The number of nitrogens with zero attached hydrogens (tertiary/aromatic N) is 1. The first-order chi connectivity index (χ1) is 20.4. The van der Waals surface area contributed by atoms with Gasteiger partial charge in [-0.3, -0.25) is 9.59 Å². The third-order valence-electron chi connectivity index (χ3n) is 7.29. The van der Waals surface area contributed by atoms with Crippen LogP contribution < -0.4 is 4.74 Å². The predicted octanol–water partition coefficient (Wildman–Crippen LogP) is 8.22. The molecule has 1 fully saturated rings. The van der Waals surface area contributed by atoms with E-state index in [9.17, 15) is 28.0 Å². The predicted molar refractivity (Wildman–Crippen MR) is 153 cm³/mol. The standard InChI is InChI=1S/C33H29ClF3NO5/c1-32(2)26(18-28(34)33(35,36)37)30(32)31(40)43-27(19-38)23-9-6-10-25(17-23)42-24-14-11-21(12-15-24)13-16-29(39)41-20-22-7-4-3-5-8-22/h3-12,14-15,17-18,26-27,30H,13,16,20H2,1-2H3/b28-18+. The minimum atomic E-state index is -4.71. The van der Waals surface area contributed by atoms with Gasteiger partial charge in [0.1, 0.15) is 29.2 Å². The Labute approximate surface area is 252 Å². The van der Waals surface area contributed by atoms with E-state index in [0.29, 0.717) is 23.5 Å². The highest BCUT2D eigenvalue weighted by molar-refractivity contribution is 6.30. The summed E-state index contributed by atoms with van der Waals surface area (Å²) >= 11 is 5.37. The van der Waals surface area contributed by atoms with Crippen LogP contribution in [0.5, 0.6) is 11.5 Å². The Bertz CT molecular complexity index is 1510. The SMILES string of the molecule is CC1(C)C(/C=C(/Cl)C(F)(F)F)C1C(=O)OC(C#N)c1cccc(Oc2ccc(CCC(=O)OCc3ccccc3)cc2)c1. The van der Waals surface area contributed by atoms with Crippen molar-refractivity contribution in [3.63, 3.8) is 0 Å². The molecule has 0 aliphatic heterocycles. The van der Waals surface area contributed by atoms with Crippen LogP contribution >= 0.6 is 11.6 Å². The lowest BCUT2D eigenvalue weighted by molar-refractivity contribution is -0.149. The number of allylic oxidation sites excluding steroid dienone is 2. The Hall–Kier alpha value is -4.29. The van der Waals surface area contributed by atoms with E-state index in [1.165, 1.54) is 0 Å². The fourth-order valence-electron chi connectivity index (χ4n) is 4.71. The number of alkyl halides is 3. The summed E-state index contributed by atoms with van der Waals surface area (Å²) < 4.78 is 55.2. The van der Waals surface area contributed by atoms with Crippen molar-refractivity contribution in [2.45, 2.75) is 45.6 Å². The third-order valence-corrected chi connectivity index (χ3v) is 7.63. The smallest absolute Gasteiger partial charge is 0.426 e. The van der Waals surface area contributed by atoms with Crippen LogP contribution in [0.4, 0.5) is 13.2 Å². The zero-order valence-corrected chi connectivity index (χ0v) is 24.2. The number of rotatable bonds is 11. The molecule has 0 spiro atoms. The van der Waals surface area contributed by atoms with Crippen LogP contribution in [0.1, 0.15) is 43.1 Å². The van der Waals surface area contributed by atoms with E-state index in [-0.39, 0.29) is 19.0 Å². The van der Waals surface area contributed by atoms with Crippen molar-refractivity contribution < 1.29 is 37.0 Å². The summed E-state index contributed by atoms with van der Waals surface area (Å²) in [5.74, 6) is -1.83. The molecule has 3 unspecified atom stereocenters. The zero-order chi connectivity index (χ0) is 31.2. The number of hydrogen-bond donors (Lipinski definition) is 0. The van der Waals surface area contributed by atoms with Gasteiger partial charge in [0, 0.05) is 12.0 Å². The van der Waals surface area contributed by atoms with Crippen LogP contribution in [0.2, 0.25) is 0 Å². The van der Waals surface area contributed by atoms with Crippen LogP contribution in [0.3, 0.4) is 0 Å². The van der Waals surface area contributed by atoms with Gasteiger partial charge in [-0.05, 0) is 53.1 Å². The number of esters is 2. The number of ether oxygens (including phenoxy) is 3. The topological polar surface area (TPSA) is 85.6 Å². The maximum atomic E-state index is 12.9. The average Bonchev–Trinajstić information content (AvgIpc) is 3.53. The molecule has 0 bridgehead atoms. The average molecular weight is 612 g/mol. The number of carbonyl (C=O) groups excluding carboxylic acids is 2. The van der Waals surface area contributed by atoms with Crippen molar-refractivity contribution in [2.24, 2.45) is 17.3 Å². The molecule has 0 saturated heterocycles. The summed E-state index contributed by atoms with van der Waals surface area (Å²) in [5, 5.41) is 8.39. The lowest BCUT2D eigenvalue weighted by atomic mass is 10.1. The van der Waals surface area contributed by atoms with Gasteiger partial charge in [-0.25, -0.2) is 0 Å². The summed E-state index contributed by atoms with van der Waals surface area (Å²) in [6, 6.07) is 24.9. The fraction of sp³-hybridized carbons (Fsp3) is 0.303. The van der Waals surface area contributed by atoms with E-state index < -0.39 is 40.5 Å². The van der Waals surface area contributed by atoms with Crippen LogP contribution in [0, 0.1) is 28.6 Å². The Balaban J connectivity index is 1.31. The number of benzene rings is 3. The Morgan fingerprint density at radius 2 is 1.70 bits per heavy atom. The van der Waals surface area contributed by atoms with E-state index in [1.807, 2.05) is 48.5 Å². The number of aryl methyl sites for hydroxylation is 1. The van der Waals surface area contributed by atoms with E-state index in [0.717, 1.165) is 17.2 Å². The number of nitriles is 1. The van der Waals surface area contributed by atoms with Crippen LogP contribution in [-0.4, -0.2) is 18.1 Å². The molecule has 0 radical (unpaired) electrons. The van der Waals surface area contributed by atoms with Crippen molar-refractivity contribution >= 4 is 23.5 Å². The maximum Gasteiger partial charge on any atom is 0.426 e. The minimum Gasteiger partial charge on any atom is -0.461 e. The summed E-state index contributed by atoms with van der Waals surface area (Å²) in [4.78, 5) is 24.9. The fourth-order valence-corrected chi connectivity index (χ4v) is 4.84. The first kappa shape index (κ1) is 31.6. The van der Waals surface area contributed by atoms with Crippen LogP contribution in [0.15, 0.2) is 90.0 Å². The molecule has 3 aromatic rings. The van der Waals surface area contributed by atoms with E-state index >= 15 is 0 Å². The minimum absolute atomic E-state index is 0.227. The van der Waals surface area contributed by atoms with Gasteiger partial charge in [-0.2, -0.15) is 18.4 Å². The molecule has 43 heavy (non-hydrogen) atoms. The highest BCUT2D eigenvalue weighted by Crippen LogP contribution is 2.60. The van der Waals surface area contributed by atoms with Crippen LogP contribution in [-0.2, 0) is 32.1 Å². The van der Waals surface area contributed by atoms with Gasteiger partial charge in [-0.1, -0.05) is 86.1 Å². The van der Waals surface area contributed by atoms with Crippen molar-refractivity contribution in [3.8, 4) is 17.6 Å². The van der Waals surface area contributed by atoms with Crippen molar-refractivity contribution in [2.75, 3.05) is 0 Å². The Morgan fingerprint density at radius 3 is 2.35 bits per heavy atom. The van der Waals surface area contributed by atoms with E-state index in [1.54, 1.807) is 50.2 Å². The van der Waals surface area contributed by atoms with Crippen molar-refractivity contribution in [3.05, 3.63) is 107 Å². The molecular weight excluding hydrogens is 583 g/mol. The molecule has 0 aromatic heterocycles. The maximum absolute atomic E-state index is 12.9. The first-order valence-electron chi connectivity index (χ1n) is 13.5. The second kappa shape index (κ2) is 13.3. The molecule has 6 nitrogen and oxygen atoms in total. The zero-order valence-electron chi connectivity index (χ0n) is 23.4. The van der Waals surface area contributed by atoms with Gasteiger partial charge < -0.3 is 14.2 Å². The Kier molecular flexibility index (Phi) is 9.82. The van der Waals surface area contributed by atoms with Gasteiger partial charge in [-0.15, -0.1) is 0 Å². The number of halogens is 4.